The van der Waals surface area contributed by atoms with Crippen molar-refractivity contribution in [2.75, 3.05) is 12.8 Å². The number of methoxy groups -OCH3 is 1. The van der Waals surface area contributed by atoms with E-state index in [1.807, 2.05) is 0 Å². The molecule has 0 atom stereocenters. The molecule has 0 heterocycles. The second-order valence-electron chi connectivity index (χ2n) is 4.07. The van der Waals surface area contributed by atoms with E-state index >= 15 is 0 Å². The summed E-state index contributed by atoms with van der Waals surface area (Å²) in [5.74, 6) is 0.406. The standard InChI is InChI=1S/C13H13N3O4S/c1-20-12-8-9(14)6-7-10(12)15-16-11-4-2-3-5-13(11)21(17,18)19/h2-8H,14H2,1H3,(H,17,18,19). The molecule has 0 radical (unpaired) electrons. The van der Waals surface area contributed by atoms with Gasteiger partial charge in [0.2, 0.25) is 0 Å². The van der Waals surface area contributed by atoms with Crippen LogP contribution in [0.25, 0.3) is 0 Å². The second kappa shape index (κ2) is 5.90. The fraction of sp³-hybridized carbons (Fsp3) is 0.0769. The molecular formula is C13H13N3O4S. The largest absolute Gasteiger partial charge is 0.494 e. The molecule has 0 bridgehead atoms. The molecular weight excluding hydrogens is 294 g/mol. The van der Waals surface area contributed by atoms with E-state index in [1.54, 1.807) is 24.3 Å². The van der Waals surface area contributed by atoms with Crippen LogP contribution in [-0.2, 0) is 10.1 Å². The lowest BCUT2D eigenvalue weighted by Gasteiger charge is -2.04. The van der Waals surface area contributed by atoms with Crippen molar-refractivity contribution in [3.63, 3.8) is 0 Å². The number of azo groups is 1. The van der Waals surface area contributed by atoms with E-state index in [0.717, 1.165) is 0 Å². The SMILES string of the molecule is COc1cc(N)ccc1N=Nc1ccccc1S(=O)(=O)O. The third-order valence-electron chi connectivity index (χ3n) is 2.61. The summed E-state index contributed by atoms with van der Waals surface area (Å²) in [6, 6.07) is 10.5. The first-order chi connectivity index (χ1) is 9.91. The molecule has 0 saturated heterocycles. The summed E-state index contributed by atoms with van der Waals surface area (Å²) in [5.41, 5.74) is 6.54. The highest BCUT2D eigenvalue weighted by molar-refractivity contribution is 7.86. The van der Waals surface area contributed by atoms with Crippen LogP contribution in [0.3, 0.4) is 0 Å². The van der Waals surface area contributed by atoms with Crippen molar-refractivity contribution < 1.29 is 17.7 Å². The molecule has 0 aliphatic carbocycles. The zero-order valence-electron chi connectivity index (χ0n) is 11.1. The van der Waals surface area contributed by atoms with Crippen molar-refractivity contribution in [1.82, 2.24) is 0 Å². The summed E-state index contributed by atoms with van der Waals surface area (Å²) in [7, 11) is -2.91. The van der Waals surface area contributed by atoms with Crippen molar-refractivity contribution in [1.29, 1.82) is 0 Å². The zero-order chi connectivity index (χ0) is 15.5. The van der Waals surface area contributed by atoms with E-state index in [2.05, 4.69) is 10.2 Å². The van der Waals surface area contributed by atoms with Gasteiger partial charge in [-0.1, -0.05) is 12.1 Å². The fourth-order valence-electron chi connectivity index (χ4n) is 1.64. The first-order valence-electron chi connectivity index (χ1n) is 5.83. The number of ether oxygens (including phenoxy) is 1. The van der Waals surface area contributed by atoms with Crippen molar-refractivity contribution in [2.45, 2.75) is 4.90 Å². The summed E-state index contributed by atoms with van der Waals surface area (Å²) < 4.78 is 36.7. The minimum absolute atomic E-state index is 0.0267. The molecule has 7 nitrogen and oxygen atoms in total. The Kier molecular flexibility index (Phi) is 4.20. The zero-order valence-corrected chi connectivity index (χ0v) is 11.9. The van der Waals surface area contributed by atoms with Crippen LogP contribution in [0.15, 0.2) is 57.6 Å². The van der Waals surface area contributed by atoms with E-state index in [1.165, 1.54) is 25.3 Å². The Morgan fingerprint density at radius 1 is 1.10 bits per heavy atom. The van der Waals surface area contributed by atoms with E-state index in [9.17, 15) is 8.42 Å². The highest BCUT2D eigenvalue weighted by Gasteiger charge is 2.14. The molecule has 0 aliphatic rings. The van der Waals surface area contributed by atoms with Crippen LogP contribution in [0.2, 0.25) is 0 Å². The fourth-order valence-corrected chi connectivity index (χ4v) is 2.27. The number of hydrogen-bond donors (Lipinski definition) is 2. The molecule has 2 aromatic rings. The Hall–Kier alpha value is -2.45. The number of anilines is 1. The summed E-state index contributed by atoms with van der Waals surface area (Å²) in [6.45, 7) is 0. The maximum absolute atomic E-state index is 11.2. The Labute approximate surface area is 121 Å². The Morgan fingerprint density at radius 2 is 1.76 bits per heavy atom. The van der Waals surface area contributed by atoms with Gasteiger partial charge in [0.25, 0.3) is 10.1 Å². The average Bonchev–Trinajstić information content (AvgIpc) is 2.45. The van der Waals surface area contributed by atoms with Gasteiger partial charge in [-0.2, -0.15) is 8.42 Å². The topological polar surface area (TPSA) is 114 Å². The minimum Gasteiger partial charge on any atom is -0.494 e. The second-order valence-corrected chi connectivity index (χ2v) is 5.46. The van der Waals surface area contributed by atoms with Crippen molar-refractivity contribution in [2.24, 2.45) is 10.2 Å². The molecule has 0 amide bonds. The number of benzene rings is 2. The van der Waals surface area contributed by atoms with Gasteiger partial charge in [0.05, 0.1) is 7.11 Å². The smallest absolute Gasteiger partial charge is 0.296 e. The van der Waals surface area contributed by atoms with Crippen LogP contribution in [0.5, 0.6) is 5.75 Å². The summed E-state index contributed by atoms with van der Waals surface area (Å²) in [6.07, 6.45) is 0. The maximum Gasteiger partial charge on any atom is 0.296 e. The first kappa shape index (κ1) is 14.9. The van der Waals surface area contributed by atoms with Crippen LogP contribution < -0.4 is 10.5 Å². The lowest BCUT2D eigenvalue weighted by atomic mass is 10.2. The van der Waals surface area contributed by atoms with E-state index in [-0.39, 0.29) is 10.6 Å². The van der Waals surface area contributed by atoms with Crippen LogP contribution in [-0.4, -0.2) is 20.1 Å². The predicted octanol–water partition coefficient (Wildman–Crippen LogP) is 2.94. The van der Waals surface area contributed by atoms with Crippen molar-refractivity contribution in [3.05, 3.63) is 42.5 Å². The lowest BCUT2D eigenvalue weighted by Crippen LogP contribution is -1.97. The lowest BCUT2D eigenvalue weighted by molar-refractivity contribution is 0.416. The van der Waals surface area contributed by atoms with Gasteiger partial charge in [-0.3, -0.25) is 4.55 Å². The molecule has 0 unspecified atom stereocenters. The van der Waals surface area contributed by atoms with Gasteiger partial charge in [0.15, 0.2) is 0 Å². The van der Waals surface area contributed by atoms with Crippen molar-refractivity contribution >= 4 is 27.2 Å². The Bertz CT molecular complexity index is 788. The Morgan fingerprint density at radius 3 is 2.43 bits per heavy atom. The summed E-state index contributed by atoms with van der Waals surface area (Å²) in [4.78, 5) is -0.317. The van der Waals surface area contributed by atoms with Gasteiger partial charge in [-0.25, -0.2) is 0 Å². The molecule has 21 heavy (non-hydrogen) atoms. The van der Waals surface area contributed by atoms with Gasteiger partial charge >= 0.3 is 0 Å². The van der Waals surface area contributed by atoms with Gasteiger partial charge in [-0.15, -0.1) is 10.2 Å². The number of nitrogen functional groups attached to an aromatic ring is 1. The first-order valence-corrected chi connectivity index (χ1v) is 7.27. The molecule has 0 fully saturated rings. The number of rotatable bonds is 4. The number of nitrogens with zero attached hydrogens (tertiary/aromatic N) is 2. The van der Waals surface area contributed by atoms with Gasteiger partial charge < -0.3 is 10.5 Å². The van der Waals surface area contributed by atoms with Crippen molar-refractivity contribution in [3.8, 4) is 5.75 Å². The predicted molar refractivity (Wildman–Crippen MR) is 77.8 cm³/mol. The molecule has 2 aromatic carbocycles. The average molecular weight is 307 g/mol. The van der Waals surface area contributed by atoms with Crippen LogP contribution in [0.4, 0.5) is 17.1 Å². The molecule has 110 valence electrons. The van der Waals surface area contributed by atoms with E-state index in [0.29, 0.717) is 17.1 Å². The molecule has 0 aromatic heterocycles. The minimum atomic E-state index is -4.37. The Balaban J connectivity index is 2.44. The number of hydrogen-bond acceptors (Lipinski definition) is 6. The monoisotopic (exact) mass is 307 g/mol. The number of nitrogens with two attached hydrogens (primary N) is 1. The highest BCUT2D eigenvalue weighted by atomic mass is 32.2. The van der Waals surface area contributed by atoms with Gasteiger partial charge in [0, 0.05) is 11.8 Å². The molecule has 2 rings (SSSR count). The molecule has 0 spiro atoms. The van der Waals surface area contributed by atoms with Crippen LogP contribution >= 0.6 is 0 Å². The van der Waals surface area contributed by atoms with Gasteiger partial charge in [-0.05, 0) is 24.3 Å². The summed E-state index contributed by atoms with van der Waals surface area (Å²) in [5, 5.41) is 7.78. The third kappa shape index (κ3) is 3.56. The molecule has 3 N–H and O–H groups in total. The van der Waals surface area contributed by atoms with Gasteiger partial charge in [0.1, 0.15) is 22.0 Å². The molecule has 8 heteroatoms. The third-order valence-corrected chi connectivity index (χ3v) is 3.51. The molecule has 0 saturated carbocycles. The van der Waals surface area contributed by atoms with Crippen LogP contribution in [0.1, 0.15) is 0 Å². The highest BCUT2D eigenvalue weighted by Crippen LogP contribution is 2.32. The van der Waals surface area contributed by atoms with E-state index < -0.39 is 10.1 Å². The van der Waals surface area contributed by atoms with Crippen LogP contribution in [0, 0.1) is 0 Å². The molecule has 0 aliphatic heterocycles. The van der Waals surface area contributed by atoms with E-state index in [4.69, 9.17) is 15.0 Å². The summed E-state index contributed by atoms with van der Waals surface area (Å²) >= 11 is 0. The maximum atomic E-state index is 11.2. The normalized spacial score (nSPS) is 11.7. The quantitative estimate of drug-likeness (QED) is 0.512.